The Kier molecular flexibility index (Phi) is 7.59. The standard InChI is InChI=1S/C21H22N2O6/c1-2-3-4-9-21(27)22-16-11-10-14(12-17(16)23(28)29)19(25)13-20(26)15-7-5-6-8-18(15)24/h5-8,10-12,24H,2-4,9,13H2,1H3,(H,22,27). The van der Waals surface area contributed by atoms with Crippen molar-refractivity contribution in [3.05, 3.63) is 63.7 Å². The van der Waals surface area contributed by atoms with Crippen molar-refractivity contribution in [3.8, 4) is 5.75 Å². The number of para-hydroxylation sites is 1. The first-order chi connectivity index (χ1) is 13.8. The fourth-order valence-electron chi connectivity index (χ4n) is 2.76. The lowest BCUT2D eigenvalue weighted by molar-refractivity contribution is -0.384. The lowest BCUT2D eigenvalue weighted by atomic mass is 10.00. The highest BCUT2D eigenvalue weighted by molar-refractivity contribution is 6.14. The van der Waals surface area contributed by atoms with Crippen molar-refractivity contribution in [1.29, 1.82) is 0 Å². The normalized spacial score (nSPS) is 10.4. The molecule has 0 fully saturated rings. The molecule has 0 aliphatic carbocycles. The molecule has 8 heteroatoms. The van der Waals surface area contributed by atoms with E-state index in [1.807, 2.05) is 6.92 Å². The SMILES string of the molecule is CCCCCC(=O)Nc1ccc(C(=O)CC(=O)c2ccccc2O)cc1[N+](=O)[O-]. The smallest absolute Gasteiger partial charge is 0.293 e. The average molecular weight is 398 g/mol. The maximum Gasteiger partial charge on any atom is 0.293 e. The Morgan fingerprint density at radius 3 is 2.45 bits per heavy atom. The molecule has 0 aromatic heterocycles. The van der Waals surface area contributed by atoms with Crippen molar-refractivity contribution < 1.29 is 24.4 Å². The largest absolute Gasteiger partial charge is 0.507 e. The van der Waals surface area contributed by atoms with Crippen LogP contribution in [0.5, 0.6) is 5.75 Å². The van der Waals surface area contributed by atoms with Gasteiger partial charge in [0.05, 0.1) is 16.9 Å². The summed E-state index contributed by atoms with van der Waals surface area (Å²) in [4.78, 5) is 47.3. The van der Waals surface area contributed by atoms with Crippen molar-refractivity contribution in [2.75, 3.05) is 5.32 Å². The summed E-state index contributed by atoms with van der Waals surface area (Å²) in [6, 6.07) is 9.49. The molecule has 0 saturated heterocycles. The van der Waals surface area contributed by atoms with E-state index in [4.69, 9.17) is 0 Å². The minimum absolute atomic E-state index is 0.0000730. The molecule has 0 saturated carbocycles. The minimum Gasteiger partial charge on any atom is -0.507 e. The van der Waals surface area contributed by atoms with E-state index < -0.39 is 28.6 Å². The number of amides is 1. The van der Waals surface area contributed by atoms with Gasteiger partial charge in [0.1, 0.15) is 11.4 Å². The van der Waals surface area contributed by atoms with Crippen molar-refractivity contribution >= 4 is 28.8 Å². The number of carbonyl (C=O) groups excluding carboxylic acids is 3. The van der Waals surface area contributed by atoms with Crippen LogP contribution in [0.4, 0.5) is 11.4 Å². The van der Waals surface area contributed by atoms with E-state index in [-0.39, 0.29) is 34.9 Å². The molecule has 0 aliphatic heterocycles. The molecule has 1 amide bonds. The van der Waals surface area contributed by atoms with E-state index in [2.05, 4.69) is 5.32 Å². The fraction of sp³-hybridized carbons (Fsp3) is 0.286. The van der Waals surface area contributed by atoms with Gasteiger partial charge in [-0.05, 0) is 30.7 Å². The van der Waals surface area contributed by atoms with Crippen LogP contribution < -0.4 is 5.32 Å². The Morgan fingerprint density at radius 1 is 1.07 bits per heavy atom. The van der Waals surface area contributed by atoms with E-state index in [1.165, 1.54) is 24.3 Å². The van der Waals surface area contributed by atoms with Crippen LogP contribution in [-0.2, 0) is 4.79 Å². The van der Waals surface area contributed by atoms with Gasteiger partial charge in [-0.1, -0.05) is 31.9 Å². The molecule has 152 valence electrons. The molecule has 0 spiro atoms. The van der Waals surface area contributed by atoms with Gasteiger partial charge in [0.15, 0.2) is 11.6 Å². The molecule has 2 N–H and O–H groups in total. The summed E-state index contributed by atoms with van der Waals surface area (Å²) < 4.78 is 0. The number of Topliss-reactive ketones (excluding diaryl/α,β-unsaturated/α-hetero) is 2. The van der Waals surface area contributed by atoms with Gasteiger partial charge in [0, 0.05) is 18.1 Å². The molecular weight excluding hydrogens is 376 g/mol. The maximum absolute atomic E-state index is 12.4. The number of hydrogen-bond donors (Lipinski definition) is 2. The number of aromatic hydroxyl groups is 1. The number of hydrogen-bond acceptors (Lipinski definition) is 6. The van der Waals surface area contributed by atoms with Crippen molar-refractivity contribution in [2.45, 2.75) is 39.0 Å². The predicted molar refractivity (Wildman–Crippen MR) is 107 cm³/mol. The number of anilines is 1. The molecule has 29 heavy (non-hydrogen) atoms. The molecule has 0 unspecified atom stereocenters. The molecule has 0 heterocycles. The number of phenolic OH excluding ortho intramolecular Hbond substituents is 1. The highest BCUT2D eigenvalue weighted by Gasteiger charge is 2.21. The second kappa shape index (κ2) is 10.1. The van der Waals surface area contributed by atoms with Crippen LogP contribution in [0.3, 0.4) is 0 Å². The maximum atomic E-state index is 12.4. The van der Waals surface area contributed by atoms with Crippen molar-refractivity contribution in [3.63, 3.8) is 0 Å². The van der Waals surface area contributed by atoms with Crippen LogP contribution in [0.25, 0.3) is 0 Å². The molecule has 0 bridgehead atoms. The lowest BCUT2D eigenvalue weighted by Crippen LogP contribution is -2.13. The summed E-state index contributed by atoms with van der Waals surface area (Å²) in [6.45, 7) is 2.00. The van der Waals surface area contributed by atoms with Crippen LogP contribution in [0.2, 0.25) is 0 Å². The second-order valence-electron chi connectivity index (χ2n) is 6.53. The second-order valence-corrected chi connectivity index (χ2v) is 6.53. The molecular formula is C21H22N2O6. The van der Waals surface area contributed by atoms with Crippen LogP contribution in [-0.4, -0.2) is 27.5 Å². The number of ketones is 2. The zero-order valence-corrected chi connectivity index (χ0v) is 16.0. The van der Waals surface area contributed by atoms with E-state index in [0.717, 1.165) is 18.9 Å². The number of nitro benzene ring substituents is 1. The zero-order valence-electron chi connectivity index (χ0n) is 16.0. The quantitative estimate of drug-likeness (QED) is 0.202. The Hall–Kier alpha value is -3.55. The third-order valence-corrected chi connectivity index (χ3v) is 4.32. The first-order valence-electron chi connectivity index (χ1n) is 9.26. The van der Waals surface area contributed by atoms with Crippen LogP contribution in [0.1, 0.15) is 59.7 Å². The number of nitro groups is 1. The first kappa shape index (κ1) is 21.7. The monoisotopic (exact) mass is 398 g/mol. The van der Waals surface area contributed by atoms with E-state index in [9.17, 15) is 29.6 Å². The number of phenols is 1. The summed E-state index contributed by atoms with van der Waals surface area (Å²) in [6.07, 6.45) is 2.22. The van der Waals surface area contributed by atoms with Gasteiger partial charge in [0.2, 0.25) is 5.91 Å². The number of rotatable bonds is 10. The third-order valence-electron chi connectivity index (χ3n) is 4.32. The molecule has 8 nitrogen and oxygen atoms in total. The zero-order chi connectivity index (χ0) is 21.4. The number of unbranched alkanes of at least 4 members (excludes halogenated alkanes) is 2. The highest BCUT2D eigenvalue weighted by Crippen LogP contribution is 2.27. The number of benzene rings is 2. The Balaban J connectivity index is 2.15. The van der Waals surface area contributed by atoms with E-state index in [0.29, 0.717) is 6.42 Å². The summed E-state index contributed by atoms with van der Waals surface area (Å²) >= 11 is 0. The van der Waals surface area contributed by atoms with Gasteiger partial charge in [-0.2, -0.15) is 0 Å². The highest BCUT2D eigenvalue weighted by atomic mass is 16.6. The molecule has 0 aliphatic rings. The van der Waals surface area contributed by atoms with Crippen LogP contribution in [0, 0.1) is 10.1 Å². The minimum atomic E-state index is -0.691. The molecule has 0 atom stereocenters. The molecule has 2 aromatic rings. The molecule has 0 radical (unpaired) electrons. The van der Waals surface area contributed by atoms with Gasteiger partial charge in [-0.3, -0.25) is 24.5 Å². The van der Waals surface area contributed by atoms with Gasteiger partial charge in [0.25, 0.3) is 5.69 Å². The number of nitrogens with one attached hydrogen (secondary N) is 1. The molecule has 2 rings (SSSR count). The summed E-state index contributed by atoms with van der Waals surface area (Å²) in [5.41, 5.74) is -0.439. The summed E-state index contributed by atoms with van der Waals surface area (Å²) in [5, 5.41) is 23.6. The van der Waals surface area contributed by atoms with Gasteiger partial charge in [-0.15, -0.1) is 0 Å². The first-order valence-corrected chi connectivity index (χ1v) is 9.26. The lowest BCUT2D eigenvalue weighted by Gasteiger charge is -2.08. The fourth-order valence-corrected chi connectivity index (χ4v) is 2.76. The summed E-state index contributed by atoms with van der Waals surface area (Å²) in [7, 11) is 0. The van der Waals surface area contributed by atoms with Crippen LogP contribution >= 0.6 is 0 Å². The van der Waals surface area contributed by atoms with Crippen LogP contribution in [0.15, 0.2) is 42.5 Å². The molecule has 2 aromatic carbocycles. The van der Waals surface area contributed by atoms with E-state index >= 15 is 0 Å². The number of carbonyl (C=O) groups is 3. The third kappa shape index (κ3) is 5.97. The predicted octanol–water partition coefficient (Wildman–Crippen LogP) is 4.27. The van der Waals surface area contributed by atoms with Crippen molar-refractivity contribution in [1.82, 2.24) is 0 Å². The van der Waals surface area contributed by atoms with Gasteiger partial charge < -0.3 is 10.4 Å². The van der Waals surface area contributed by atoms with Gasteiger partial charge in [-0.25, -0.2) is 0 Å². The average Bonchev–Trinajstić information content (AvgIpc) is 2.68. The topological polar surface area (TPSA) is 127 Å². The van der Waals surface area contributed by atoms with E-state index in [1.54, 1.807) is 12.1 Å². The Labute approximate surface area is 167 Å². The number of nitrogens with zero attached hydrogens (tertiary/aromatic N) is 1. The Morgan fingerprint density at radius 2 is 1.79 bits per heavy atom. The summed E-state index contributed by atoms with van der Waals surface area (Å²) in [5.74, 6) is -1.79. The Bertz CT molecular complexity index is 939. The van der Waals surface area contributed by atoms with Crippen molar-refractivity contribution in [2.24, 2.45) is 0 Å². The van der Waals surface area contributed by atoms with Gasteiger partial charge >= 0.3 is 0 Å².